The first-order valence-corrected chi connectivity index (χ1v) is 7.29. The summed E-state index contributed by atoms with van der Waals surface area (Å²) in [5, 5.41) is 4.13. The van der Waals surface area contributed by atoms with Crippen molar-refractivity contribution in [2.24, 2.45) is 11.7 Å². The van der Waals surface area contributed by atoms with E-state index in [0.29, 0.717) is 11.8 Å². The van der Waals surface area contributed by atoms with Crippen molar-refractivity contribution < 1.29 is 4.52 Å². The second-order valence-electron chi connectivity index (χ2n) is 5.70. The van der Waals surface area contributed by atoms with Crippen LogP contribution >= 0.6 is 0 Å². The summed E-state index contributed by atoms with van der Waals surface area (Å²) in [6.45, 7) is 4.48. The van der Waals surface area contributed by atoms with Gasteiger partial charge in [-0.3, -0.25) is 0 Å². The van der Waals surface area contributed by atoms with Gasteiger partial charge >= 0.3 is 0 Å². The molecule has 102 valence electrons. The van der Waals surface area contributed by atoms with Gasteiger partial charge in [-0.2, -0.15) is 4.98 Å². The molecule has 1 atom stereocenters. The van der Waals surface area contributed by atoms with Crippen LogP contribution in [-0.4, -0.2) is 10.1 Å². The predicted molar refractivity (Wildman–Crippen MR) is 71.1 cm³/mol. The molecule has 0 spiro atoms. The molecular formula is C14H25N3O. The second kappa shape index (κ2) is 6.32. The van der Waals surface area contributed by atoms with E-state index in [4.69, 9.17) is 10.3 Å². The fourth-order valence-electron chi connectivity index (χ4n) is 2.63. The number of hydrogen-bond donors (Lipinski definition) is 1. The fourth-order valence-corrected chi connectivity index (χ4v) is 2.63. The smallest absolute Gasteiger partial charge is 0.243 e. The quantitative estimate of drug-likeness (QED) is 0.869. The molecule has 1 unspecified atom stereocenters. The minimum atomic E-state index is -0.0892. The molecule has 1 aromatic heterocycles. The first kappa shape index (κ1) is 13.5. The van der Waals surface area contributed by atoms with E-state index >= 15 is 0 Å². The number of aromatic nitrogens is 2. The summed E-state index contributed by atoms with van der Waals surface area (Å²) in [5.41, 5.74) is 6.05. The maximum atomic E-state index is 6.05. The first-order chi connectivity index (χ1) is 8.70. The number of nitrogens with two attached hydrogens (primary N) is 1. The highest BCUT2D eigenvalue weighted by atomic mass is 16.5. The normalized spacial score (nSPS) is 26.2. The van der Waals surface area contributed by atoms with Gasteiger partial charge in [-0.1, -0.05) is 44.7 Å². The highest BCUT2D eigenvalue weighted by molar-refractivity contribution is 4.99. The molecule has 1 aliphatic rings. The van der Waals surface area contributed by atoms with Gasteiger partial charge in [0.15, 0.2) is 5.82 Å². The van der Waals surface area contributed by atoms with Crippen LogP contribution in [0.15, 0.2) is 4.52 Å². The Morgan fingerprint density at radius 2 is 2.06 bits per heavy atom. The van der Waals surface area contributed by atoms with Crippen LogP contribution in [0.25, 0.3) is 0 Å². The third kappa shape index (κ3) is 3.31. The Bertz CT molecular complexity index is 356. The Morgan fingerprint density at radius 1 is 1.33 bits per heavy atom. The van der Waals surface area contributed by atoms with E-state index in [9.17, 15) is 0 Å². The molecule has 0 amide bonds. The molecule has 4 nitrogen and oxygen atoms in total. The van der Waals surface area contributed by atoms with E-state index in [-0.39, 0.29) is 6.04 Å². The minimum Gasteiger partial charge on any atom is -0.338 e. The van der Waals surface area contributed by atoms with Gasteiger partial charge in [0.25, 0.3) is 0 Å². The van der Waals surface area contributed by atoms with Crippen LogP contribution in [0.5, 0.6) is 0 Å². The largest absolute Gasteiger partial charge is 0.338 e. The third-order valence-corrected chi connectivity index (χ3v) is 4.02. The average molecular weight is 251 g/mol. The van der Waals surface area contributed by atoms with Crippen LogP contribution < -0.4 is 5.73 Å². The predicted octanol–water partition coefficient (Wildman–Crippen LogP) is 3.55. The van der Waals surface area contributed by atoms with Crippen molar-refractivity contribution in [1.82, 2.24) is 10.1 Å². The molecule has 1 aliphatic carbocycles. The van der Waals surface area contributed by atoms with Crippen molar-refractivity contribution >= 4 is 0 Å². The van der Waals surface area contributed by atoms with E-state index in [1.807, 2.05) is 0 Å². The van der Waals surface area contributed by atoms with Crippen molar-refractivity contribution in [2.75, 3.05) is 0 Å². The molecule has 2 rings (SSSR count). The van der Waals surface area contributed by atoms with Gasteiger partial charge < -0.3 is 10.3 Å². The summed E-state index contributed by atoms with van der Waals surface area (Å²) in [6, 6.07) is -0.0892. The fraction of sp³-hybridized carbons (Fsp3) is 0.857. The second-order valence-corrected chi connectivity index (χ2v) is 5.70. The topological polar surface area (TPSA) is 64.9 Å². The Morgan fingerprint density at radius 3 is 2.72 bits per heavy atom. The van der Waals surface area contributed by atoms with E-state index in [1.165, 1.54) is 25.7 Å². The van der Waals surface area contributed by atoms with Gasteiger partial charge in [-0.25, -0.2) is 0 Å². The minimum absolute atomic E-state index is 0.0892. The molecule has 1 saturated carbocycles. The van der Waals surface area contributed by atoms with Gasteiger partial charge in [0.05, 0.1) is 6.04 Å². The molecule has 18 heavy (non-hydrogen) atoms. The van der Waals surface area contributed by atoms with Gasteiger partial charge in [0.2, 0.25) is 5.89 Å². The van der Waals surface area contributed by atoms with E-state index < -0.39 is 0 Å². The molecule has 4 heteroatoms. The van der Waals surface area contributed by atoms with Gasteiger partial charge in [0, 0.05) is 5.92 Å². The summed E-state index contributed by atoms with van der Waals surface area (Å²) in [7, 11) is 0. The lowest BCUT2D eigenvalue weighted by Crippen LogP contribution is -2.13. The average Bonchev–Trinajstić information content (AvgIpc) is 2.86. The van der Waals surface area contributed by atoms with Crippen LogP contribution in [0.3, 0.4) is 0 Å². The molecule has 0 bridgehead atoms. The molecule has 0 saturated heterocycles. The summed E-state index contributed by atoms with van der Waals surface area (Å²) in [4.78, 5) is 4.51. The molecule has 1 heterocycles. The highest BCUT2D eigenvalue weighted by Crippen LogP contribution is 2.34. The monoisotopic (exact) mass is 251 g/mol. The van der Waals surface area contributed by atoms with Crippen molar-refractivity contribution in [3.63, 3.8) is 0 Å². The maximum absolute atomic E-state index is 6.05. The zero-order valence-electron chi connectivity index (χ0n) is 11.6. The SMILES string of the molecule is CCCCC(N)c1nc(C2CCC(C)CC2)no1. The Labute approximate surface area is 109 Å². The van der Waals surface area contributed by atoms with Gasteiger partial charge in [-0.15, -0.1) is 0 Å². The van der Waals surface area contributed by atoms with Crippen molar-refractivity contribution in [1.29, 1.82) is 0 Å². The first-order valence-electron chi connectivity index (χ1n) is 7.29. The summed E-state index contributed by atoms with van der Waals surface area (Å²) < 4.78 is 5.32. The third-order valence-electron chi connectivity index (χ3n) is 4.02. The maximum Gasteiger partial charge on any atom is 0.243 e. The van der Waals surface area contributed by atoms with Crippen molar-refractivity contribution in [3.8, 4) is 0 Å². The summed E-state index contributed by atoms with van der Waals surface area (Å²) >= 11 is 0. The Hall–Kier alpha value is -0.900. The van der Waals surface area contributed by atoms with Crippen molar-refractivity contribution in [3.05, 3.63) is 11.7 Å². The van der Waals surface area contributed by atoms with Gasteiger partial charge in [-0.05, 0) is 25.2 Å². The summed E-state index contributed by atoms with van der Waals surface area (Å²) in [6.07, 6.45) is 8.11. The van der Waals surface area contributed by atoms with Crippen LogP contribution in [0.2, 0.25) is 0 Å². The van der Waals surface area contributed by atoms with Crippen molar-refractivity contribution in [2.45, 2.75) is 70.8 Å². The lowest BCUT2D eigenvalue weighted by molar-refractivity contribution is 0.317. The Balaban J connectivity index is 1.93. The van der Waals surface area contributed by atoms with Crippen LogP contribution in [0.4, 0.5) is 0 Å². The molecule has 2 N–H and O–H groups in total. The van der Waals surface area contributed by atoms with Crippen LogP contribution in [-0.2, 0) is 0 Å². The Kier molecular flexibility index (Phi) is 4.75. The van der Waals surface area contributed by atoms with Crippen LogP contribution in [0, 0.1) is 5.92 Å². The molecular weight excluding hydrogens is 226 g/mol. The van der Waals surface area contributed by atoms with E-state index in [2.05, 4.69) is 24.0 Å². The lowest BCUT2D eigenvalue weighted by Gasteiger charge is -2.23. The zero-order valence-corrected chi connectivity index (χ0v) is 11.6. The number of rotatable bonds is 5. The number of nitrogens with zero attached hydrogens (tertiary/aromatic N) is 2. The van der Waals surface area contributed by atoms with Gasteiger partial charge in [0.1, 0.15) is 0 Å². The van der Waals surface area contributed by atoms with Crippen LogP contribution in [0.1, 0.15) is 82.5 Å². The molecule has 1 aromatic rings. The highest BCUT2D eigenvalue weighted by Gasteiger charge is 2.25. The van der Waals surface area contributed by atoms with E-state index in [1.54, 1.807) is 0 Å². The summed E-state index contributed by atoms with van der Waals surface area (Å²) in [5.74, 6) is 2.83. The standard InChI is InChI=1S/C14H25N3O/c1-3-4-5-12(15)14-16-13(17-18-14)11-8-6-10(2)7-9-11/h10-12H,3-9,15H2,1-2H3. The molecule has 0 radical (unpaired) electrons. The number of unbranched alkanes of at least 4 members (excludes halogenated alkanes) is 1. The lowest BCUT2D eigenvalue weighted by atomic mass is 9.83. The molecule has 0 aromatic carbocycles. The molecule has 1 fully saturated rings. The number of hydrogen-bond acceptors (Lipinski definition) is 4. The molecule has 0 aliphatic heterocycles. The van der Waals surface area contributed by atoms with E-state index in [0.717, 1.165) is 31.0 Å². The zero-order chi connectivity index (χ0) is 13.0.